The zero-order valence-corrected chi connectivity index (χ0v) is 18.9. The van der Waals surface area contributed by atoms with Gasteiger partial charge in [0.2, 0.25) is 0 Å². The molecule has 0 spiro atoms. The van der Waals surface area contributed by atoms with E-state index in [9.17, 15) is 18.0 Å². The van der Waals surface area contributed by atoms with Crippen LogP contribution in [0.3, 0.4) is 0 Å². The smallest absolute Gasteiger partial charge is 0.409 e. The normalized spacial score (nSPS) is 11.7. The molecule has 10 heteroatoms. The van der Waals surface area contributed by atoms with Crippen molar-refractivity contribution in [1.82, 2.24) is 20.0 Å². The molecule has 2 aromatic heterocycles. The highest BCUT2D eigenvalue weighted by Gasteiger charge is 2.30. The summed E-state index contributed by atoms with van der Waals surface area (Å²) < 4.78 is 45.4. The summed E-state index contributed by atoms with van der Waals surface area (Å²) in [5.74, 6) is 0.500. The molecular formula is C25H17F3N4O2S. The van der Waals surface area contributed by atoms with Crippen LogP contribution in [0.4, 0.5) is 13.2 Å². The van der Waals surface area contributed by atoms with Gasteiger partial charge in [-0.05, 0) is 29.3 Å². The van der Waals surface area contributed by atoms with E-state index < -0.39 is 11.7 Å². The van der Waals surface area contributed by atoms with Gasteiger partial charge in [-0.25, -0.2) is 4.68 Å². The molecule has 3 aromatic carbocycles. The largest absolute Gasteiger partial charge is 0.416 e. The molecule has 176 valence electrons. The van der Waals surface area contributed by atoms with E-state index in [0.29, 0.717) is 27.8 Å². The van der Waals surface area contributed by atoms with Crippen LogP contribution >= 0.6 is 11.8 Å². The third-order valence-corrected chi connectivity index (χ3v) is 6.19. The third kappa shape index (κ3) is 4.97. The second-order valence-corrected chi connectivity index (χ2v) is 8.63. The number of hydrogen-bond donors (Lipinski definition) is 0. The maximum Gasteiger partial charge on any atom is 0.416 e. The van der Waals surface area contributed by atoms with Crippen molar-refractivity contribution in [2.24, 2.45) is 0 Å². The fourth-order valence-corrected chi connectivity index (χ4v) is 4.27. The number of fused-ring (bicyclic) bond motifs is 1. The fraction of sp³-hybridized carbons (Fsp3) is 0.120. The van der Waals surface area contributed by atoms with Crippen molar-refractivity contribution >= 4 is 22.5 Å². The van der Waals surface area contributed by atoms with Crippen molar-refractivity contribution in [3.05, 3.63) is 106 Å². The average Bonchev–Trinajstić information content (AvgIpc) is 3.34. The summed E-state index contributed by atoms with van der Waals surface area (Å²) in [4.78, 5) is 13.0. The predicted octanol–water partition coefficient (Wildman–Crippen LogP) is 5.81. The Morgan fingerprint density at radius 3 is 2.23 bits per heavy atom. The highest BCUT2D eigenvalue weighted by molar-refractivity contribution is 7.98. The van der Waals surface area contributed by atoms with Gasteiger partial charge in [0.15, 0.2) is 5.69 Å². The molecule has 0 atom stereocenters. The van der Waals surface area contributed by atoms with Gasteiger partial charge in [-0.15, -0.1) is 10.2 Å². The molecule has 0 aliphatic rings. The number of thioether (sulfide) groups is 1. The van der Waals surface area contributed by atoms with Gasteiger partial charge >= 0.3 is 6.18 Å². The van der Waals surface area contributed by atoms with Crippen LogP contribution < -0.4 is 5.56 Å². The van der Waals surface area contributed by atoms with Gasteiger partial charge in [-0.2, -0.15) is 18.3 Å². The first-order chi connectivity index (χ1) is 16.9. The summed E-state index contributed by atoms with van der Waals surface area (Å²) >= 11 is 1.20. The SMILES string of the molecule is O=c1c2ccccc2c(-c2nnc(SCc3ccc(C(F)(F)F)cc3)o2)nn1Cc1ccccc1. The maximum atomic E-state index is 13.0. The van der Waals surface area contributed by atoms with E-state index >= 15 is 0 Å². The standard InChI is InChI=1S/C25H17F3N4O2S/c26-25(27,28)18-12-10-17(11-13-18)15-35-24-30-29-22(34-24)21-19-8-4-5-9-20(19)23(33)32(31-21)14-16-6-2-1-3-7-16/h1-13H,14-15H2. The lowest BCUT2D eigenvalue weighted by Crippen LogP contribution is -2.24. The predicted molar refractivity (Wildman–Crippen MR) is 126 cm³/mol. The topological polar surface area (TPSA) is 73.8 Å². The van der Waals surface area contributed by atoms with Gasteiger partial charge < -0.3 is 4.42 Å². The van der Waals surface area contributed by atoms with E-state index in [1.807, 2.05) is 30.3 Å². The Kier molecular flexibility index (Phi) is 6.12. The zero-order chi connectivity index (χ0) is 24.4. The number of hydrogen-bond acceptors (Lipinski definition) is 6. The quantitative estimate of drug-likeness (QED) is 0.278. The minimum absolute atomic E-state index is 0.151. The lowest BCUT2D eigenvalue weighted by molar-refractivity contribution is -0.137. The molecule has 6 nitrogen and oxygen atoms in total. The molecule has 0 saturated carbocycles. The van der Waals surface area contributed by atoms with Gasteiger partial charge in [0.05, 0.1) is 17.5 Å². The van der Waals surface area contributed by atoms with Crippen LogP contribution in [0.1, 0.15) is 16.7 Å². The van der Waals surface area contributed by atoms with E-state index in [4.69, 9.17) is 4.42 Å². The summed E-state index contributed by atoms with van der Waals surface area (Å²) in [5, 5.41) is 14.0. The highest BCUT2D eigenvalue weighted by atomic mass is 32.2. The Morgan fingerprint density at radius 1 is 0.829 bits per heavy atom. The molecule has 0 bridgehead atoms. The van der Waals surface area contributed by atoms with Crippen molar-refractivity contribution in [2.75, 3.05) is 0 Å². The lowest BCUT2D eigenvalue weighted by atomic mass is 10.1. The number of nitrogens with zero attached hydrogens (tertiary/aromatic N) is 4. The molecule has 0 amide bonds. The number of alkyl halides is 3. The van der Waals surface area contributed by atoms with E-state index in [1.165, 1.54) is 28.6 Å². The van der Waals surface area contributed by atoms with Crippen molar-refractivity contribution < 1.29 is 17.6 Å². The Labute approximate surface area is 201 Å². The molecule has 35 heavy (non-hydrogen) atoms. The molecular weight excluding hydrogens is 477 g/mol. The molecule has 0 N–H and O–H groups in total. The number of benzene rings is 3. The second kappa shape index (κ2) is 9.38. The van der Waals surface area contributed by atoms with Crippen LogP contribution in [0.25, 0.3) is 22.4 Å². The van der Waals surface area contributed by atoms with Crippen LogP contribution in [-0.2, 0) is 18.5 Å². The summed E-state index contributed by atoms with van der Waals surface area (Å²) in [6.45, 7) is 0.279. The van der Waals surface area contributed by atoms with Gasteiger partial charge in [-0.3, -0.25) is 4.79 Å². The monoisotopic (exact) mass is 494 g/mol. The first-order valence-electron chi connectivity index (χ1n) is 10.5. The molecule has 0 aliphatic carbocycles. The van der Waals surface area contributed by atoms with Crippen LogP contribution in [0, 0.1) is 0 Å². The summed E-state index contributed by atoms with van der Waals surface area (Å²) in [7, 11) is 0. The molecule has 2 heterocycles. The summed E-state index contributed by atoms with van der Waals surface area (Å²) in [6, 6.07) is 21.5. The van der Waals surface area contributed by atoms with Crippen molar-refractivity contribution in [3.8, 4) is 11.6 Å². The van der Waals surface area contributed by atoms with Gasteiger partial charge in [0.1, 0.15) is 0 Å². The average molecular weight is 494 g/mol. The van der Waals surface area contributed by atoms with Gasteiger partial charge in [0, 0.05) is 11.1 Å². The summed E-state index contributed by atoms with van der Waals surface area (Å²) in [6.07, 6.45) is -4.38. The Hall–Kier alpha value is -3.92. The third-order valence-electron chi connectivity index (χ3n) is 5.30. The number of rotatable bonds is 6. The molecule has 0 fully saturated rings. The van der Waals surface area contributed by atoms with E-state index in [2.05, 4.69) is 15.3 Å². The molecule has 0 unspecified atom stereocenters. The van der Waals surface area contributed by atoms with Crippen LogP contribution in [0.5, 0.6) is 0 Å². The van der Waals surface area contributed by atoms with E-state index in [0.717, 1.165) is 17.7 Å². The Balaban J connectivity index is 1.42. The molecule has 5 rings (SSSR count). The fourth-order valence-electron chi connectivity index (χ4n) is 3.56. The van der Waals surface area contributed by atoms with Gasteiger partial charge in [-0.1, -0.05) is 72.4 Å². The van der Waals surface area contributed by atoms with E-state index in [-0.39, 0.29) is 23.2 Å². The van der Waals surface area contributed by atoms with Crippen LogP contribution in [-0.4, -0.2) is 20.0 Å². The Bertz CT molecular complexity index is 1530. The van der Waals surface area contributed by atoms with Crippen LogP contribution in [0.2, 0.25) is 0 Å². The summed E-state index contributed by atoms with van der Waals surface area (Å²) in [5.41, 5.74) is 1.05. The minimum Gasteiger partial charge on any atom is -0.409 e. The molecule has 5 aromatic rings. The van der Waals surface area contributed by atoms with Crippen LogP contribution in [0.15, 0.2) is 93.3 Å². The van der Waals surface area contributed by atoms with E-state index in [1.54, 1.807) is 24.3 Å². The maximum absolute atomic E-state index is 13.0. The second-order valence-electron chi connectivity index (χ2n) is 7.70. The number of aromatic nitrogens is 4. The van der Waals surface area contributed by atoms with Gasteiger partial charge in [0.25, 0.3) is 16.7 Å². The van der Waals surface area contributed by atoms with Crippen molar-refractivity contribution in [3.63, 3.8) is 0 Å². The molecule has 0 aliphatic heterocycles. The first kappa shape index (κ1) is 22.9. The highest BCUT2D eigenvalue weighted by Crippen LogP contribution is 2.31. The van der Waals surface area contributed by atoms with Crippen molar-refractivity contribution in [1.29, 1.82) is 0 Å². The minimum atomic E-state index is -4.38. The number of halogens is 3. The first-order valence-corrected chi connectivity index (χ1v) is 11.5. The lowest BCUT2D eigenvalue weighted by Gasteiger charge is -2.09. The van der Waals surface area contributed by atoms with Crippen molar-refractivity contribution in [2.45, 2.75) is 23.7 Å². The molecule has 0 saturated heterocycles. The Morgan fingerprint density at radius 2 is 1.51 bits per heavy atom. The molecule has 0 radical (unpaired) electrons. The zero-order valence-electron chi connectivity index (χ0n) is 18.1.